The van der Waals surface area contributed by atoms with Gasteiger partial charge in [0.2, 0.25) is 0 Å². The van der Waals surface area contributed by atoms with Gasteiger partial charge in [-0.3, -0.25) is 0 Å². The Labute approximate surface area is 214 Å². The summed E-state index contributed by atoms with van der Waals surface area (Å²) in [7, 11) is 0. The number of nitrogens with one attached hydrogen (secondary N) is 1. The predicted molar refractivity (Wildman–Crippen MR) is 149 cm³/mol. The van der Waals surface area contributed by atoms with Crippen LogP contribution in [0.25, 0.3) is 21.9 Å². The molecule has 1 saturated heterocycles. The van der Waals surface area contributed by atoms with Crippen molar-refractivity contribution in [2.24, 2.45) is 0 Å². The standard InChI is InChI=1S/C33H35NO2/c1-32(2)21-30(22-33(3,4)34-32)36-31(35)25-13-11-24(12-14-25)27-16-18-28-19-26(15-17-29(28)20-27)23-9-7-5-6-8-10-23/h5-20,23,30,34H,21-22H2,1-4H3. The van der Waals surface area contributed by atoms with E-state index in [0.29, 0.717) is 11.5 Å². The molecule has 0 amide bonds. The van der Waals surface area contributed by atoms with Crippen LogP contribution < -0.4 is 5.32 Å². The number of hydrogen-bond donors (Lipinski definition) is 1. The monoisotopic (exact) mass is 477 g/mol. The number of rotatable bonds is 4. The zero-order valence-corrected chi connectivity index (χ0v) is 21.6. The molecule has 1 aliphatic carbocycles. The Hall–Kier alpha value is -3.43. The first-order chi connectivity index (χ1) is 17.2. The number of hydrogen-bond acceptors (Lipinski definition) is 3. The molecule has 0 unspecified atom stereocenters. The van der Waals surface area contributed by atoms with Crippen molar-refractivity contribution in [1.82, 2.24) is 5.32 Å². The van der Waals surface area contributed by atoms with E-state index >= 15 is 0 Å². The van der Waals surface area contributed by atoms with E-state index in [1.807, 2.05) is 24.3 Å². The van der Waals surface area contributed by atoms with E-state index in [4.69, 9.17) is 4.74 Å². The fourth-order valence-corrected chi connectivity index (χ4v) is 5.76. The number of piperidine rings is 1. The molecular formula is C33H35NO2. The number of carbonyl (C=O) groups is 1. The van der Waals surface area contributed by atoms with E-state index in [9.17, 15) is 4.79 Å². The Morgan fingerprint density at radius 2 is 1.33 bits per heavy atom. The summed E-state index contributed by atoms with van der Waals surface area (Å²) in [5, 5.41) is 6.07. The highest BCUT2D eigenvalue weighted by atomic mass is 16.5. The zero-order valence-electron chi connectivity index (χ0n) is 21.6. The third-order valence-corrected chi connectivity index (χ3v) is 7.10. The number of ether oxygens (including phenoxy) is 1. The second-order valence-corrected chi connectivity index (χ2v) is 11.4. The van der Waals surface area contributed by atoms with E-state index in [1.165, 1.54) is 16.3 Å². The summed E-state index contributed by atoms with van der Waals surface area (Å²) >= 11 is 0. The van der Waals surface area contributed by atoms with Crippen molar-refractivity contribution in [3.8, 4) is 11.1 Å². The van der Waals surface area contributed by atoms with Crippen molar-refractivity contribution in [3.05, 3.63) is 108 Å². The van der Waals surface area contributed by atoms with E-state index in [1.54, 1.807) is 0 Å². The number of allylic oxidation sites excluding steroid dienone is 6. The fraction of sp³-hybridized carbons (Fsp3) is 0.303. The lowest BCUT2D eigenvalue weighted by Crippen LogP contribution is -2.59. The molecule has 184 valence electrons. The van der Waals surface area contributed by atoms with Gasteiger partial charge in [-0.05, 0) is 73.4 Å². The lowest BCUT2D eigenvalue weighted by Gasteiger charge is -2.45. The zero-order chi connectivity index (χ0) is 25.3. The Morgan fingerprint density at radius 1 is 0.750 bits per heavy atom. The van der Waals surface area contributed by atoms with Crippen molar-refractivity contribution >= 4 is 16.7 Å². The second-order valence-electron chi connectivity index (χ2n) is 11.4. The lowest BCUT2D eigenvalue weighted by atomic mass is 9.81. The largest absolute Gasteiger partial charge is 0.459 e. The minimum atomic E-state index is -0.247. The molecule has 1 N–H and O–H groups in total. The Bertz CT molecular complexity index is 1330. The van der Waals surface area contributed by atoms with Crippen molar-refractivity contribution in [2.75, 3.05) is 0 Å². The summed E-state index contributed by atoms with van der Waals surface area (Å²) in [6, 6.07) is 21.0. The fourth-order valence-electron chi connectivity index (χ4n) is 5.76. The maximum absolute atomic E-state index is 12.9. The molecule has 3 aromatic rings. The molecule has 0 aromatic heterocycles. The SMILES string of the molecule is CC1(C)CC(OC(=O)c2ccc(-c3ccc4cc(C5C=CC=CC=C5)ccc4c3)cc2)CC(C)(C)N1. The molecular weight excluding hydrogens is 442 g/mol. The molecule has 0 atom stereocenters. The van der Waals surface area contributed by atoms with Crippen LogP contribution in [0.4, 0.5) is 0 Å². The van der Waals surface area contributed by atoms with Gasteiger partial charge in [0.1, 0.15) is 6.10 Å². The van der Waals surface area contributed by atoms with Crippen LogP contribution in [-0.2, 0) is 4.74 Å². The summed E-state index contributed by atoms with van der Waals surface area (Å²) in [5.74, 6) is 0.0429. The number of benzene rings is 3. The predicted octanol–water partition coefficient (Wildman–Crippen LogP) is 7.74. The van der Waals surface area contributed by atoms with Crippen LogP contribution in [0.5, 0.6) is 0 Å². The van der Waals surface area contributed by atoms with Gasteiger partial charge in [-0.25, -0.2) is 4.79 Å². The average Bonchev–Trinajstić information content (AvgIpc) is 3.11. The molecule has 36 heavy (non-hydrogen) atoms. The highest BCUT2D eigenvalue weighted by Gasteiger charge is 2.39. The van der Waals surface area contributed by atoms with Crippen molar-refractivity contribution < 1.29 is 9.53 Å². The summed E-state index contributed by atoms with van der Waals surface area (Å²) in [4.78, 5) is 12.9. The van der Waals surface area contributed by atoms with E-state index in [0.717, 1.165) is 24.0 Å². The van der Waals surface area contributed by atoms with Gasteiger partial charge in [0, 0.05) is 29.8 Å². The molecule has 5 rings (SSSR count). The van der Waals surface area contributed by atoms with Crippen LogP contribution >= 0.6 is 0 Å². The first-order valence-corrected chi connectivity index (χ1v) is 12.8. The quantitative estimate of drug-likeness (QED) is 0.391. The van der Waals surface area contributed by atoms with Crippen molar-refractivity contribution in [1.29, 1.82) is 0 Å². The molecule has 0 saturated carbocycles. The molecule has 3 nitrogen and oxygen atoms in total. The maximum Gasteiger partial charge on any atom is 0.338 e. The van der Waals surface area contributed by atoms with Crippen molar-refractivity contribution in [3.63, 3.8) is 0 Å². The molecule has 0 radical (unpaired) electrons. The van der Waals surface area contributed by atoms with Gasteiger partial charge in [-0.2, -0.15) is 0 Å². The Kier molecular flexibility index (Phi) is 6.44. The molecule has 1 heterocycles. The molecule has 1 aliphatic heterocycles. The van der Waals surface area contributed by atoms with Gasteiger partial charge >= 0.3 is 5.97 Å². The van der Waals surface area contributed by atoms with E-state index in [-0.39, 0.29) is 23.2 Å². The van der Waals surface area contributed by atoms with Crippen LogP contribution in [0.3, 0.4) is 0 Å². The van der Waals surface area contributed by atoms with Crippen LogP contribution in [0.2, 0.25) is 0 Å². The van der Waals surface area contributed by atoms with Gasteiger partial charge in [0.05, 0.1) is 5.56 Å². The van der Waals surface area contributed by atoms with Gasteiger partial charge in [0.25, 0.3) is 0 Å². The molecule has 1 fully saturated rings. The number of esters is 1. The highest BCUT2D eigenvalue weighted by molar-refractivity contribution is 5.91. The van der Waals surface area contributed by atoms with Crippen LogP contribution in [0.15, 0.2) is 97.1 Å². The summed E-state index contributed by atoms with van der Waals surface area (Å²) in [5.41, 5.74) is 3.98. The third kappa shape index (κ3) is 5.52. The molecule has 3 aromatic carbocycles. The van der Waals surface area contributed by atoms with Gasteiger partial charge < -0.3 is 10.1 Å². The van der Waals surface area contributed by atoms with Gasteiger partial charge in [-0.1, -0.05) is 78.9 Å². The summed E-state index contributed by atoms with van der Waals surface area (Å²) in [6.07, 6.45) is 14.3. The highest BCUT2D eigenvalue weighted by Crippen LogP contribution is 2.32. The average molecular weight is 478 g/mol. The first kappa shape index (κ1) is 24.3. The summed E-state index contributed by atoms with van der Waals surface area (Å²) < 4.78 is 5.93. The van der Waals surface area contributed by atoms with Crippen LogP contribution in [0.1, 0.15) is 62.4 Å². The third-order valence-electron chi connectivity index (χ3n) is 7.10. The van der Waals surface area contributed by atoms with Gasteiger partial charge in [-0.15, -0.1) is 0 Å². The lowest BCUT2D eigenvalue weighted by molar-refractivity contribution is -0.00637. The maximum atomic E-state index is 12.9. The van der Waals surface area contributed by atoms with E-state index < -0.39 is 0 Å². The Morgan fingerprint density at radius 3 is 2.00 bits per heavy atom. The second kappa shape index (κ2) is 9.55. The Balaban J connectivity index is 1.30. The first-order valence-electron chi connectivity index (χ1n) is 12.8. The summed E-state index contributed by atoms with van der Waals surface area (Å²) in [6.45, 7) is 8.65. The van der Waals surface area contributed by atoms with Crippen molar-refractivity contribution in [2.45, 2.75) is 63.6 Å². The smallest absolute Gasteiger partial charge is 0.338 e. The molecule has 0 bridgehead atoms. The van der Waals surface area contributed by atoms with Crippen LogP contribution in [0, 0.1) is 0 Å². The van der Waals surface area contributed by atoms with E-state index in [2.05, 4.69) is 106 Å². The molecule has 3 heteroatoms. The normalized spacial score (nSPS) is 19.3. The molecule has 0 spiro atoms. The van der Waals surface area contributed by atoms with Gasteiger partial charge in [0.15, 0.2) is 0 Å². The van der Waals surface area contributed by atoms with Crippen LogP contribution in [-0.4, -0.2) is 23.2 Å². The molecule has 2 aliphatic rings. The minimum Gasteiger partial charge on any atom is -0.459 e. The minimum absolute atomic E-state index is 0.0618. The topological polar surface area (TPSA) is 38.3 Å². The number of carbonyl (C=O) groups excluding carboxylic acids is 1. The number of fused-ring (bicyclic) bond motifs is 1.